The maximum absolute atomic E-state index is 16.7. The Bertz CT molecular complexity index is 1050. The Balaban J connectivity index is 1.35. The molecule has 0 radical (unpaired) electrons. The molecule has 0 amide bonds. The fourth-order valence-corrected chi connectivity index (χ4v) is 7.92. The average Bonchev–Trinajstić information content (AvgIpc) is 3.32. The van der Waals surface area contributed by atoms with Crippen molar-refractivity contribution in [2.45, 2.75) is 82.1 Å². The van der Waals surface area contributed by atoms with Crippen LogP contribution < -0.4 is 0 Å². The molecule has 1 aromatic carbocycles. The van der Waals surface area contributed by atoms with Crippen LogP contribution in [0.2, 0.25) is 0 Å². The number of aliphatic hydroxyl groups excluding tert-OH is 1. The molecular weight excluding hydrogens is 391 g/mol. The molecule has 3 saturated carbocycles. The van der Waals surface area contributed by atoms with Crippen molar-refractivity contribution in [1.29, 1.82) is 0 Å². The molecule has 1 heterocycles. The van der Waals surface area contributed by atoms with Crippen molar-refractivity contribution in [2.24, 2.45) is 23.2 Å². The largest absolute Gasteiger partial charge is 0.393 e. The second-order valence-corrected chi connectivity index (χ2v) is 11.1. The van der Waals surface area contributed by atoms with Crippen molar-refractivity contribution >= 4 is 16.5 Å². The van der Waals surface area contributed by atoms with Crippen LogP contribution in [-0.4, -0.2) is 37.8 Å². The number of nitrogens with one attached hydrogen (secondary N) is 1. The lowest BCUT2D eigenvalue weighted by atomic mass is 9.53. The summed E-state index contributed by atoms with van der Waals surface area (Å²) in [7, 11) is 0. The third kappa shape index (κ3) is 2.75. The highest BCUT2D eigenvalue weighted by Gasteiger charge is 2.66. The number of H-pyrrole nitrogens is 1. The van der Waals surface area contributed by atoms with E-state index in [1.165, 1.54) is 11.1 Å². The normalized spacial score (nSPS) is 44.8. The van der Waals surface area contributed by atoms with Crippen molar-refractivity contribution in [2.75, 3.05) is 0 Å². The first kappa shape index (κ1) is 19.9. The fraction of sp³-hybridized carbons (Fsp3) is 0.654. The van der Waals surface area contributed by atoms with Crippen molar-refractivity contribution < 1.29 is 14.6 Å². The first-order valence-electron chi connectivity index (χ1n) is 12.1. The topological polar surface area (TPSA) is 69.1 Å². The summed E-state index contributed by atoms with van der Waals surface area (Å²) in [4.78, 5) is 0. The van der Waals surface area contributed by atoms with Crippen LogP contribution in [-0.2, 0) is 0 Å². The Morgan fingerprint density at radius 1 is 1.13 bits per heavy atom. The van der Waals surface area contributed by atoms with E-state index >= 15 is 4.39 Å². The molecule has 6 unspecified atom stereocenters. The summed E-state index contributed by atoms with van der Waals surface area (Å²) < 4.78 is 16.7. The Morgan fingerprint density at radius 2 is 2.00 bits per heavy atom. The highest BCUT2D eigenvalue weighted by molar-refractivity contribution is 5.84. The van der Waals surface area contributed by atoms with Gasteiger partial charge in [-0.2, -0.15) is 5.10 Å². The molecule has 0 saturated heterocycles. The zero-order valence-corrected chi connectivity index (χ0v) is 18.3. The highest BCUT2D eigenvalue weighted by Crippen LogP contribution is 2.66. The van der Waals surface area contributed by atoms with Crippen LogP contribution >= 0.6 is 0 Å². The summed E-state index contributed by atoms with van der Waals surface area (Å²) >= 11 is 0. The summed E-state index contributed by atoms with van der Waals surface area (Å²) in [6.45, 7) is 2.25. The summed E-state index contributed by atoms with van der Waals surface area (Å²) in [5, 5.41) is 30.5. The number of nitrogens with zero attached hydrogens (tertiary/aromatic N) is 1. The van der Waals surface area contributed by atoms with Gasteiger partial charge >= 0.3 is 0 Å². The molecule has 5 heteroatoms. The lowest BCUT2D eigenvalue weighted by Gasteiger charge is -2.56. The smallest absolute Gasteiger partial charge is 0.140 e. The number of halogens is 1. The van der Waals surface area contributed by atoms with E-state index < -0.39 is 11.3 Å². The molecule has 4 aliphatic carbocycles. The van der Waals surface area contributed by atoms with Crippen LogP contribution in [0.15, 0.2) is 30.5 Å². The van der Waals surface area contributed by atoms with Gasteiger partial charge in [-0.25, -0.2) is 4.39 Å². The van der Waals surface area contributed by atoms with Crippen LogP contribution in [0.3, 0.4) is 0 Å². The zero-order chi connectivity index (χ0) is 21.4. The van der Waals surface area contributed by atoms with E-state index in [1.807, 2.05) is 6.20 Å². The minimum absolute atomic E-state index is 0.0983. The van der Waals surface area contributed by atoms with E-state index in [0.29, 0.717) is 31.6 Å². The monoisotopic (exact) mass is 424 g/mol. The minimum Gasteiger partial charge on any atom is -0.393 e. The van der Waals surface area contributed by atoms with Gasteiger partial charge in [-0.15, -0.1) is 0 Å². The lowest BCUT2D eigenvalue weighted by molar-refractivity contribution is -0.195. The standard InChI is InChI=1S/C26H33FN2O2/c1-24-10-11-25(27)14-18-13-20(30)4-2-16(18)8-9-26(25,31)23(24)7-5-21(24)17-3-6-22-19(12-17)15-28-29-22/h3,5-6,12,15-16,18,20,23,30-31H,2,4,7-11,13-14H2,1H3,(H,28,29)/t16?,18?,20?,23?,24?,25?,26-/m0/s1. The van der Waals surface area contributed by atoms with Crippen LogP contribution in [0.4, 0.5) is 4.39 Å². The molecule has 3 fully saturated rings. The van der Waals surface area contributed by atoms with Gasteiger partial charge in [0, 0.05) is 11.3 Å². The third-order valence-electron chi connectivity index (χ3n) is 9.68. The van der Waals surface area contributed by atoms with Gasteiger partial charge in [0.2, 0.25) is 0 Å². The van der Waals surface area contributed by atoms with E-state index in [2.05, 4.69) is 41.4 Å². The molecule has 0 spiro atoms. The first-order valence-corrected chi connectivity index (χ1v) is 12.1. The van der Waals surface area contributed by atoms with Crippen LogP contribution in [0.1, 0.15) is 70.3 Å². The van der Waals surface area contributed by atoms with E-state index in [0.717, 1.165) is 43.0 Å². The number of rotatable bonds is 1. The molecule has 2 aromatic rings. The molecule has 6 rings (SSSR count). The van der Waals surface area contributed by atoms with E-state index in [-0.39, 0.29) is 23.4 Å². The predicted molar refractivity (Wildman–Crippen MR) is 119 cm³/mol. The van der Waals surface area contributed by atoms with Gasteiger partial charge in [-0.3, -0.25) is 5.10 Å². The Kier molecular flexibility index (Phi) is 4.27. The first-order chi connectivity index (χ1) is 14.8. The zero-order valence-electron chi connectivity index (χ0n) is 18.3. The maximum atomic E-state index is 16.7. The Morgan fingerprint density at radius 3 is 2.87 bits per heavy atom. The molecule has 0 aliphatic heterocycles. The van der Waals surface area contributed by atoms with Crippen molar-refractivity contribution in [3.63, 3.8) is 0 Å². The maximum Gasteiger partial charge on any atom is 0.140 e. The number of alkyl halides is 1. The summed E-state index contributed by atoms with van der Waals surface area (Å²) in [5.74, 6) is 0.539. The van der Waals surface area contributed by atoms with Gasteiger partial charge in [0.1, 0.15) is 11.3 Å². The molecule has 166 valence electrons. The molecule has 0 bridgehead atoms. The van der Waals surface area contributed by atoms with Gasteiger partial charge in [0.15, 0.2) is 0 Å². The number of hydrogen-bond donors (Lipinski definition) is 3. The van der Waals surface area contributed by atoms with Crippen molar-refractivity contribution in [1.82, 2.24) is 10.2 Å². The highest BCUT2D eigenvalue weighted by atomic mass is 19.1. The van der Waals surface area contributed by atoms with E-state index in [1.54, 1.807) is 0 Å². The number of aliphatic hydroxyl groups is 2. The fourth-order valence-electron chi connectivity index (χ4n) is 7.92. The van der Waals surface area contributed by atoms with Crippen LogP contribution in [0.5, 0.6) is 0 Å². The van der Waals surface area contributed by atoms with Gasteiger partial charge in [-0.1, -0.05) is 19.1 Å². The quantitative estimate of drug-likeness (QED) is 0.592. The number of hydrogen-bond acceptors (Lipinski definition) is 3. The van der Waals surface area contributed by atoms with Gasteiger partial charge in [-0.05, 0) is 98.3 Å². The molecule has 4 aliphatic rings. The molecule has 1 aromatic heterocycles. The van der Waals surface area contributed by atoms with Crippen LogP contribution in [0.25, 0.3) is 16.5 Å². The predicted octanol–water partition coefficient (Wildman–Crippen LogP) is 5.17. The summed E-state index contributed by atoms with van der Waals surface area (Å²) in [5.41, 5.74) is 0.373. The SMILES string of the molecule is CC12CCC3(F)CC4CC(O)CCC4CC[C@]3(O)C1CC=C2c1ccc2[nH]ncc2c1. The van der Waals surface area contributed by atoms with Crippen LogP contribution in [0, 0.1) is 23.2 Å². The van der Waals surface area contributed by atoms with Gasteiger partial charge in [0.05, 0.1) is 17.8 Å². The van der Waals surface area contributed by atoms with Crippen molar-refractivity contribution in [3.8, 4) is 0 Å². The van der Waals surface area contributed by atoms with Crippen molar-refractivity contribution in [3.05, 3.63) is 36.0 Å². The minimum atomic E-state index is -1.55. The summed E-state index contributed by atoms with van der Waals surface area (Å²) in [6.07, 6.45) is 10.0. The van der Waals surface area contributed by atoms with E-state index in [9.17, 15) is 10.2 Å². The Hall–Kier alpha value is -1.72. The average molecular weight is 425 g/mol. The van der Waals surface area contributed by atoms with Gasteiger partial charge < -0.3 is 10.2 Å². The molecule has 31 heavy (non-hydrogen) atoms. The number of aromatic nitrogens is 2. The number of fused-ring (bicyclic) bond motifs is 5. The number of benzene rings is 1. The third-order valence-corrected chi connectivity index (χ3v) is 9.68. The molecule has 7 atom stereocenters. The second-order valence-electron chi connectivity index (χ2n) is 11.1. The Labute approximate surface area is 182 Å². The molecular formula is C26H33FN2O2. The summed E-state index contributed by atoms with van der Waals surface area (Å²) in [6, 6.07) is 6.36. The lowest BCUT2D eigenvalue weighted by Crippen LogP contribution is -2.62. The molecule has 3 N–H and O–H groups in total. The van der Waals surface area contributed by atoms with E-state index in [4.69, 9.17) is 0 Å². The van der Waals surface area contributed by atoms with Gasteiger partial charge in [0.25, 0.3) is 0 Å². The second kappa shape index (κ2) is 6.64. The number of aromatic amines is 1. The molecule has 4 nitrogen and oxygen atoms in total. The number of allylic oxidation sites excluding steroid dienone is 2.